The molecule has 2 atom stereocenters. The van der Waals surface area contributed by atoms with Crippen LogP contribution in [0.5, 0.6) is 0 Å². The largest absolute Gasteiger partial charge is 0.316 e. The summed E-state index contributed by atoms with van der Waals surface area (Å²) in [5.41, 5.74) is 0. The molecule has 0 aromatic heterocycles. The van der Waals surface area contributed by atoms with E-state index in [1.165, 1.54) is 6.42 Å². The normalized spacial score (nSPS) is 28.3. The highest BCUT2D eigenvalue weighted by atomic mass is 15.2. The number of nitrogens with zero attached hydrogens (tertiary/aromatic N) is 2. The summed E-state index contributed by atoms with van der Waals surface area (Å²) < 4.78 is 0. The van der Waals surface area contributed by atoms with Crippen molar-refractivity contribution in [1.29, 1.82) is 5.26 Å². The molecule has 0 radical (unpaired) electrons. The first-order valence-electron chi connectivity index (χ1n) is 4.09. The lowest BCUT2D eigenvalue weighted by Crippen LogP contribution is -2.34. The van der Waals surface area contributed by atoms with Crippen LogP contribution in [0.2, 0.25) is 0 Å². The number of nitriles is 1. The Morgan fingerprint density at radius 3 is 2.91 bits per heavy atom. The van der Waals surface area contributed by atoms with Crippen LogP contribution in [0.1, 0.15) is 13.3 Å². The molecule has 0 aromatic rings. The lowest BCUT2D eigenvalue weighted by Gasteiger charge is -2.17. The summed E-state index contributed by atoms with van der Waals surface area (Å²) in [5, 5.41) is 11.9. The van der Waals surface area contributed by atoms with Gasteiger partial charge in [-0.15, -0.1) is 0 Å². The fraction of sp³-hybridized carbons (Fsp3) is 0.875. The predicted molar refractivity (Wildman–Crippen MR) is 44.1 cm³/mol. The average Bonchev–Trinajstić information content (AvgIpc) is 2.50. The summed E-state index contributed by atoms with van der Waals surface area (Å²) in [6.45, 7) is 4.03. The lowest BCUT2D eigenvalue weighted by atomic mass is 10.3. The molecule has 1 rings (SSSR count). The lowest BCUT2D eigenvalue weighted by molar-refractivity contribution is 0.298. The van der Waals surface area contributed by atoms with E-state index in [1.54, 1.807) is 0 Å². The molecule has 0 spiro atoms. The first kappa shape index (κ1) is 8.51. The molecule has 2 unspecified atom stereocenters. The van der Waals surface area contributed by atoms with Gasteiger partial charge < -0.3 is 5.32 Å². The maximum Gasteiger partial charge on any atom is 0.0949 e. The van der Waals surface area contributed by atoms with Crippen molar-refractivity contribution in [3.05, 3.63) is 0 Å². The van der Waals surface area contributed by atoms with Crippen LogP contribution in [-0.2, 0) is 0 Å². The molecule has 1 aliphatic rings. The van der Waals surface area contributed by atoms with Crippen LogP contribution < -0.4 is 5.32 Å². The van der Waals surface area contributed by atoms with Gasteiger partial charge in [-0.05, 0) is 20.4 Å². The fourth-order valence-corrected chi connectivity index (χ4v) is 1.46. The Hall–Kier alpha value is -0.590. The highest BCUT2D eigenvalue weighted by Crippen LogP contribution is 2.11. The van der Waals surface area contributed by atoms with Crippen LogP contribution in [0.25, 0.3) is 0 Å². The quantitative estimate of drug-likeness (QED) is 0.615. The van der Waals surface area contributed by atoms with E-state index in [1.807, 2.05) is 14.0 Å². The van der Waals surface area contributed by atoms with Gasteiger partial charge in [-0.2, -0.15) is 5.26 Å². The number of hydrogen-bond acceptors (Lipinski definition) is 3. The molecule has 11 heavy (non-hydrogen) atoms. The minimum atomic E-state index is 0.0772. The Morgan fingerprint density at radius 1 is 1.73 bits per heavy atom. The standard InChI is InChI=1S/C8H15N3/c1-7(5-9)11-4-3-8(6-11)10-2/h7-8,10H,3-4,6H2,1-2H3. The Morgan fingerprint density at radius 2 is 2.45 bits per heavy atom. The van der Waals surface area contributed by atoms with E-state index >= 15 is 0 Å². The third-order valence-corrected chi connectivity index (χ3v) is 2.36. The zero-order valence-corrected chi connectivity index (χ0v) is 7.17. The number of rotatable bonds is 2. The predicted octanol–water partition coefficient (Wildman–Crippen LogP) is 0.192. The van der Waals surface area contributed by atoms with Crippen molar-refractivity contribution in [2.24, 2.45) is 0 Å². The molecule has 0 aliphatic carbocycles. The Bertz CT molecular complexity index is 161. The van der Waals surface area contributed by atoms with E-state index in [4.69, 9.17) is 5.26 Å². The summed E-state index contributed by atoms with van der Waals surface area (Å²) in [6.07, 6.45) is 1.17. The average molecular weight is 153 g/mol. The first-order chi connectivity index (χ1) is 5.27. The SMILES string of the molecule is CNC1CCN(C(C)C#N)C1. The van der Waals surface area contributed by atoms with Crippen LogP contribution in [-0.4, -0.2) is 37.1 Å². The van der Waals surface area contributed by atoms with Crippen LogP contribution in [0.4, 0.5) is 0 Å². The van der Waals surface area contributed by atoms with Gasteiger partial charge in [0, 0.05) is 19.1 Å². The molecule has 1 saturated heterocycles. The maximum absolute atomic E-state index is 8.64. The van der Waals surface area contributed by atoms with Crippen molar-refractivity contribution < 1.29 is 0 Å². The van der Waals surface area contributed by atoms with Crippen LogP contribution >= 0.6 is 0 Å². The highest BCUT2D eigenvalue weighted by molar-refractivity contribution is 4.93. The summed E-state index contributed by atoms with van der Waals surface area (Å²) >= 11 is 0. The molecule has 1 heterocycles. The molecular weight excluding hydrogens is 138 g/mol. The van der Waals surface area contributed by atoms with Gasteiger partial charge in [0.1, 0.15) is 0 Å². The van der Waals surface area contributed by atoms with Crippen molar-refractivity contribution in [3.63, 3.8) is 0 Å². The maximum atomic E-state index is 8.64. The van der Waals surface area contributed by atoms with E-state index in [0.29, 0.717) is 6.04 Å². The monoisotopic (exact) mass is 153 g/mol. The molecule has 3 nitrogen and oxygen atoms in total. The molecule has 1 N–H and O–H groups in total. The molecule has 1 fully saturated rings. The smallest absolute Gasteiger partial charge is 0.0949 e. The second-order valence-electron chi connectivity index (χ2n) is 3.07. The van der Waals surface area contributed by atoms with Gasteiger partial charge in [0.15, 0.2) is 0 Å². The van der Waals surface area contributed by atoms with Gasteiger partial charge in [0.05, 0.1) is 12.1 Å². The summed E-state index contributed by atoms with van der Waals surface area (Å²) in [6, 6.07) is 2.92. The van der Waals surface area contributed by atoms with Crippen LogP contribution in [0.3, 0.4) is 0 Å². The van der Waals surface area contributed by atoms with Gasteiger partial charge in [-0.25, -0.2) is 0 Å². The molecular formula is C8H15N3. The van der Waals surface area contributed by atoms with Gasteiger partial charge in [0.2, 0.25) is 0 Å². The van der Waals surface area contributed by atoms with Gasteiger partial charge >= 0.3 is 0 Å². The van der Waals surface area contributed by atoms with Gasteiger partial charge in [-0.1, -0.05) is 0 Å². The van der Waals surface area contributed by atoms with Gasteiger partial charge in [-0.3, -0.25) is 4.90 Å². The summed E-state index contributed by atoms with van der Waals surface area (Å²) in [5.74, 6) is 0. The van der Waals surface area contributed by atoms with E-state index < -0.39 is 0 Å². The summed E-state index contributed by atoms with van der Waals surface area (Å²) in [4.78, 5) is 2.21. The minimum absolute atomic E-state index is 0.0772. The molecule has 62 valence electrons. The second kappa shape index (κ2) is 3.70. The molecule has 0 saturated carbocycles. The van der Waals surface area contributed by atoms with Crippen molar-refractivity contribution in [3.8, 4) is 6.07 Å². The van der Waals surface area contributed by atoms with E-state index in [0.717, 1.165) is 13.1 Å². The number of likely N-dealkylation sites (tertiary alicyclic amines) is 1. The van der Waals surface area contributed by atoms with E-state index in [2.05, 4.69) is 16.3 Å². The Kier molecular flexibility index (Phi) is 2.86. The highest BCUT2D eigenvalue weighted by Gasteiger charge is 2.24. The Labute approximate surface area is 68.0 Å². The number of likely N-dealkylation sites (N-methyl/N-ethyl adjacent to an activating group) is 1. The molecule has 0 bridgehead atoms. The Balaban J connectivity index is 2.36. The zero-order chi connectivity index (χ0) is 8.27. The first-order valence-corrected chi connectivity index (χ1v) is 4.09. The van der Waals surface area contributed by atoms with Gasteiger partial charge in [0.25, 0.3) is 0 Å². The number of hydrogen-bond donors (Lipinski definition) is 1. The fourth-order valence-electron chi connectivity index (χ4n) is 1.46. The van der Waals surface area contributed by atoms with Crippen molar-refractivity contribution in [2.45, 2.75) is 25.4 Å². The molecule has 1 aliphatic heterocycles. The summed E-state index contributed by atoms with van der Waals surface area (Å²) in [7, 11) is 1.98. The van der Waals surface area contributed by atoms with Crippen molar-refractivity contribution >= 4 is 0 Å². The topological polar surface area (TPSA) is 39.1 Å². The van der Waals surface area contributed by atoms with Crippen molar-refractivity contribution in [1.82, 2.24) is 10.2 Å². The molecule has 3 heteroatoms. The second-order valence-corrected chi connectivity index (χ2v) is 3.07. The third kappa shape index (κ3) is 1.92. The third-order valence-electron chi connectivity index (χ3n) is 2.36. The zero-order valence-electron chi connectivity index (χ0n) is 7.17. The van der Waals surface area contributed by atoms with E-state index in [9.17, 15) is 0 Å². The molecule has 0 aromatic carbocycles. The van der Waals surface area contributed by atoms with Crippen molar-refractivity contribution in [2.75, 3.05) is 20.1 Å². The van der Waals surface area contributed by atoms with Crippen LogP contribution in [0.15, 0.2) is 0 Å². The van der Waals surface area contributed by atoms with Crippen LogP contribution in [0, 0.1) is 11.3 Å². The number of nitrogens with one attached hydrogen (secondary N) is 1. The van der Waals surface area contributed by atoms with E-state index in [-0.39, 0.29) is 6.04 Å². The minimum Gasteiger partial charge on any atom is -0.316 e. The molecule has 0 amide bonds.